The van der Waals surface area contributed by atoms with Crippen LogP contribution >= 0.6 is 0 Å². The Hall–Kier alpha value is -0.570. The molecule has 0 heterocycles. The van der Waals surface area contributed by atoms with Crippen molar-refractivity contribution < 1.29 is 9.90 Å². The first-order valence-electron chi connectivity index (χ1n) is 6.95. The first kappa shape index (κ1) is 12.9. The number of hydrogen-bond donors (Lipinski definition) is 1. The lowest BCUT2D eigenvalue weighted by Gasteiger charge is -2.30. The van der Waals surface area contributed by atoms with Crippen molar-refractivity contribution in [2.45, 2.75) is 70.9 Å². The Bertz CT molecular complexity index is 284. The molecular weight excluding hydrogens is 214 g/mol. The Morgan fingerprint density at radius 3 is 2.41 bits per heavy atom. The van der Waals surface area contributed by atoms with E-state index in [1.54, 1.807) is 0 Å². The third kappa shape index (κ3) is 3.70. The highest BCUT2D eigenvalue weighted by Gasteiger charge is 2.36. The normalized spacial score (nSPS) is 29.0. The van der Waals surface area contributed by atoms with Crippen molar-refractivity contribution in [3.63, 3.8) is 0 Å². The maximum Gasteiger partial charge on any atom is 0.317 e. The van der Waals surface area contributed by atoms with Gasteiger partial charge in [-0.25, -0.2) is 0 Å². The first-order chi connectivity index (χ1) is 7.98. The molecule has 1 N–H and O–H groups in total. The SMILES string of the molecule is CC1(C)CCCC(N(CC(=O)O)C2CC2)CC1. The first-order valence-corrected chi connectivity index (χ1v) is 6.95. The number of carboxylic acids is 1. The van der Waals surface area contributed by atoms with Crippen LogP contribution in [0.15, 0.2) is 0 Å². The lowest BCUT2D eigenvalue weighted by molar-refractivity contribution is -0.139. The zero-order valence-corrected chi connectivity index (χ0v) is 11.1. The van der Waals surface area contributed by atoms with Crippen LogP contribution in [-0.4, -0.2) is 34.6 Å². The molecule has 0 aromatic heterocycles. The number of aliphatic carboxylic acids is 1. The van der Waals surface area contributed by atoms with Gasteiger partial charge in [0, 0.05) is 12.1 Å². The molecular formula is C14H25NO2. The molecule has 2 fully saturated rings. The molecule has 0 aromatic carbocycles. The highest BCUT2D eigenvalue weighted by molar-refractivity contribution is 5.69. The summed E-state index contributed by atoms with van der Waals surface area (Å²) in [5, 5.41) is 9.02. The van der Waals surface area contributed by atoms with Crippen LogP contribution in [0.1, 0.15) is 58.8 Å². The van der Waals surface area contributed by atoms with E-state index in [1.165, 1.54) is 44.9 Å². The summed E-state index contributed by atoms with van der Waals surface area (Å²) in [4.78, 5) is 13.2. The molecule has 2 aliphatic carbocycles. The maximum atomic E-state index is 11.0. The van der Waals surface area contributed by atoms with Gasteiger partial charge in [0.15, 0.2) is 0 Å². The van der Waals surface area contributed by atoms with E-state index in [0.717, 1.165) is 0 Å². The van der Waals surface area contributed by atoms with Crippen molar-refractivity contribution in [2.75, 3.05) is 6.54 Å². The minimum atomic E-state index is -0.666. The summed E-state index contributed by atoms with van der Waals surface area (Å²) in [5.41, 5.74) is 0.452. The van der Waals surface area contributed by atoms with Gasteiger partial charge in [0.25, 0.3) is 0 Å². The fourth-order valence-corrected chi connectivity index (χ4v) is 3.09. The second-order valence-electron chi connectivity index (χ2n) is 6.55. The van der Waals surface area contributed by atoms with E-state index >= 15 is 0 Å². The van der Waals surface area contributed by atoms with Gasteiger partial charge in [0.05, 0.1) is 6.54 Å². The molecule has 98 valence electrons. The van der Waals surface area contributed by atoms with Crippen molar-refractivity contribution in [3.8, 4) is 0 Å². The zero-order chi connectivity index (χ0) is 12.5. The highest BCUT2D eigenvalue weighted by Crippen LogP contribution is 2.38. The average Bonchev–Trinajstić information content (AvgIpc) is 3.02. The molecule has 0 saturated heterocycles. The van der Waals surface area contributed by atoms with Gasteiger partial charge in [-0.3, -0.25) is 9.69 Å². The molecule has 2 rings (SSSR count). The molecule has 17 heavy (non-hydrogen) atoms. The largest absolute Gasteiger partial charge is 0.480 e. The van der Waals surface area contributed by atoms with Crippen molar-refractivity contribution in [3.05, 3.63) is 0 Å². The maximum absolute atomic E-state index is 11.0. The Kier molecular flexibility index (Phi) is 3.76. The topological polar surface area (TPSA) is 40.5 Å². The molecule has 0 spiro atoms. The van der Waals surface area contributed by atoms with Gasteiger partial charge in [-0.15, -0.1) is 0 Å². The van der Waals surface area contributed by atoms with Gasteiger partial charge in [-0.2, -0.15) is 0 Å². The third-order valence-electron chi connectivity index (χ3n) is 4.35. The molecule has 0 aromatic rings. The number of carbonyl (C=O) groups is 1. The predicted molar refractivity (Wildman–Crippen MR) is 68.0 cm³/mol. The quantitative estimate of drug-likeness (QED) is 0.767. The van der Waals surface area contributed by atoms with Gasteiger partial charge < -0.3 is 5.11 Å². The molecule has 0 aliphatic heterocycles. The van der Waals surface area contributed by atoms with Gasteiger partial charge in [-0.1, -0.05) is 20.3 Å². The van der Waals surface area contributed by atoms with Crippen LogP contribution in [0.5, 0.6) is 0 Å². The molecule has 2 aliphatic rings. The number of rotatable bonds is 4. The Morgan fingerprint density at radius 2 is 1.82 bits per heavy atom. The van der Waals surface area contributed by atoms with E-state index in [1.807, 2.05) is 0 Å². The van der Waals surface area contributed by atoms with Crippen molar-refractivity contribution >= 4 is 5.97 Å². The molecule has 0 radical (unpaired) electrons. The molecule has 1 atom stereocenters. The van der Waals surface area contributed by atoms with Crippen molar-refractivity contribution in [1.29, 1.82) is 0 Å². The second-order valence-corrected chi connectivity index (χ2v) is 6.55. The average molecular weight is 239 g/mol. The molecule has 2 saturated carbocycles. The van der Waals surface area contributed by atoms with E-state index in [4.69, 9.17) is 5.11 Å². The summed E-state index contributed by atoms with van der Waals surface area (Å²) in [6.07, 6.45) is 8.54. The van der Waals surface area contributed by atoms with E-state index in [0.29, 0.717) is 17.5 Å². The smallest absolute Gasteiger partial charge is 0.317 e. The van der Waals surface area contributed by atoms with E-state index in [2.05, 4.69) is 18.7 Å². The molecule has 3 heteroatoms. The number of hydrogen-bond acceptors (Lipinski definition) is 2. The fourth-order valence-electron chi connectivity index (χ4n) is 3.09. The zero-order valence-electron chi connectivity index (χ0n) is 11.1. The number of carboxylic acid groups (broad SMARTS) is 1. The molecule has 1 unspecified atom stereocenters. The monoisotopic (exact) mass is 239 g/mol. The fraction of sp³-hybridized carbons (Fsp3) is 0.929. The lowest BCUT2D eigenvalue weighted by Crippen LogP contribution is -2.40. The van der Waals surface area contributed by atoms with Crippen molar-refractivity contribution in [2.24, 2.45) is 5.41 Å². The summed E-state index contributed by atoms with van der Waals surface area (Å²) in [7, 11) is 0. The van der Waals surface area contributed by atoms with Gasteiger partial charge in [0.2, 0.25) is 0 Å². The van der Waals surface area contributed by atoms with Crippen LogP contribution in [0.3, 0.4) is 0 Å². The van der Waals surface area contributed by atoms with E-state index in [-0.39, 0.29) is 6.54 Å². The summed E-state index contributed by atoms with van der Waals surface area (Å²) in [6, 6.07) is 1.08. The Balaban J connectivity index is 1.96. The van der Waals surface area contributed by atoms with Crippen LogP contribution in [0, 0.1) is 5.41 Å². The summed E-state index contributed by atoms with van der Waals surface area (Å²) in [5.74, 6) is -0.666. The van der Waals surface area contributed by atoms with Crippen LogP contribution in [0.2, 0.25) is 0 Å². The Labute approximate surface area is 104 Å². The Morgan fingerprint density at radius 1 is 1.18 bits per heavy atom. The highest BCUT2D eigenvalue weighted by atomic mass is 16.4. The van der Waals surface area contributed by atoms with Crippen LogP contribution in [0.25, 0.3) is 0 Å². The second kappa shape index (κ2) is 4.97. The van der Waals surface area contributed by atoms with Gasteiger partial charge in [-0.05, 0) is 43.9 Å². The van der Waals surface area contributed by atoms with Gasteiger partial charge >= 0.3 is 5.97 Å². The van der Waals surface area contributed by atoms with Crippen LogP contribution in [-0.2, 0) is 4.79 Å². The predicted octanol–water partition coefficient (Wildman–Crippen LogP) is 2.89. The van der Waals surface area contributed by atoms with Crippen molar-refractivity contribution in [1.82, 2.24) is 4.90 Å². The van der Waals surface area contributed by atoms with E-state index in [9.17, 15) is 4.79 Å². The molecule has 0 bridgehead atoms. The molecule has 3 nitrogen and oxygen atoms in total. The standard InChI is InChI=1S/C14H25NO2/c1-14(2)8-3-4-11(7-9-14)15(10-13(16)17)12-5-6-12/h11-12H,3-10H2,1-2H3,(H,16,17). The van der Waals surface area contributed by atoms with Crippen LogP contribution in [0.4, 0.5) is 0 Å². The third-order valence-corrected chi connectivity index (χ3v) is 4.35. The van der Waals surface area contributed by atoms with Gasteiger partial charge in [0.1, 0.15) is 0 Å². The van der Waals surface area contributed by atoms with E-state index < -0.39 is 5.97 Å². The molecule has 0 amide bonds. The number of nitrogens with zero attached hydrogens (tertiary/aromatic N) is 1. The lowest BCUT2D eigenvalue weighted by atomic mass is 9.85. The minimum Gasteiger partial charge on any atom is -0.480 e. The summed E-state index contributed by atoms with van der Waals surface area (Å²) >= 11 is 0. The van der Waals surface area contributed by atoms with Crippen LogP contribution < -0.4 is 0 Å². The summed E-state index contributed by atoms with van der Waals surface area (Å²) in [6.45, 7) is 4.93. The minimum absolute atomic E-state index is 0.246. The summed E-state index contributed by atoms with van der Waals surface area (Å²) < 4.78 is 0.